The van der Waals surface area contributed by atoms with Crippen molar-refractivity contribution in [1.82, 2.24) is 4.90 Å². The Labute approximate surface area is 65.7 Å². The van der Waals surface area contributed by atoms with Gasteiger partial charge in [0.2, 0.25) is 11.8 Å². The van der Waals surface area contributed by atoms with Crippen LogP contribution >= 0.6 is 0 Å². The van der Waals surface area contributed by atoms with Crippen molar-refractivity contribution in [3.63, 3.8) is 0 Å². The maximum Gasteiger partial charge on any atom is 0.229 e. The Balaban J connectivity index is 2.54. The van der Waals surface area contributed by atoms with E-state index in [-0.39, 0.29) is 11.8 Å². The zero-order chi connectivity index (χ0) is 8.27. The van der Waals surface area contributed by atoms with E-state index in [0.29, 0.717) is 19.4 Å². The smallest absolute Gasteiger partial charge is 0.229 e. The van der Waals surface area contributed by atoms with Gasteiger partial charge >= 0.3 is 0 Å². The van der Waals surface area contributed by atoms with E-state index in [2.05, 4.69) is 0 Å². The van der Waals surface area contributed by atoms with Crippen LogP contribution in [-0.2, 0) is 9.59 Å². The van der Waals surface area contributed by atoms with Crippen LogP contribution in [0.3, 0.4) is 0 Å². The van der Waals surface area contributed by atoms with Gasteiger partial charge in [0.1, 0.15) is 0 Å². The summed E-state index contributed by atoms with van der Waals surface area (Å²) in [6, 6.07) is 0. The lowest BCUT2D eigenvalue weighted by atomic mass is 10.4. The Kier molecular flexibility index (Phi) is 2.41. The summed E-state index contributed by atoms with van der Waals surface area (Å²) in [4.78, 5) is 23.2. The van der Waals surface area contributed by atoms with Gasteiger partial charge in [0.05, 0.1) is 0 Å². The SMILES string of the molecule is C/C=C\CN1C(=O)CCC1=O. The first kappa shape index (κ1) is 7.98. The molecule has 60 valence electrons. The van der Waals surface area contributed by atoms with Crippen molar-refractivity contribution in [1.29, 1.82) is 0 Å². The molecule has 0 radical (unpaired) electrons. The maximum atomic E-state index is 11.0. The minimum Gasteiger partial charge on any atom is -0.279 e. The number of allylic oxidation sites excluding steroid dienone is 1. The van der Waals surface area contributed by atoms with Gasteiger partial charge in [0.15, 0.2) is 0 Å². The van der Waals surface area contributed by atoms with E-state index in [1.807, 2.05) is 13.0 Å². The fourth-order valence-corrected chi connectivity index (χ4v) is 1.04. The molecule has 0 atom stereocenters. The topological polar surface area (TPSA) is 37.4 Å². The molecule has 0 aromatic carbocycles. The molecule has 1 rings (SSSR count). The van der Waals surface area contributed by atoms with Gasteiger partial charge < -0.3 is 0 Å². The van der Waals surface area contributed by atoms with Crippen molar-refractivity contribution in [3.8, 4) is 0 Å². The minimum absolute atomic E-state index is 0.0481. The lowest BCUT2D eigenvalue weighted by Gasteiger charge is -2.09. The summed E-state index contributed by atoms with van der Waals surface area (Å²) >= 11 is 0. The van der Waals surface area contributed by atoms with Gasteiger partial charge in [-0.1, -0.05) is 12.2 Å². The Morgan fingerprint density at radius 3 is 2.36 bits per heavy atom. The lowest BCUT2D eigenvalue weighted by Crippen LogP contribution is -2.28. The van der Waals surface area contributed by atoms with Crippen molar-refractivity contribution in [2.75, 3.05) is 6.54 Å². The summed E-state index contributed by atoms with van der Waals surface area (Å²) in [5.74, 6) is -0.0961. The number of hydrogen-bond acceptors (Lipinski definition) is 2. The number of rotatable bonds is 2. The molecule has 0 spiro atoms. The maximum absolute atomic E-state index is 11.0. The molecule has 2 amide bonds. The molecule has 1 aliphatic heterocycles. The highest BCUT2D eigenvalue weighted by atomic mass is 16.2. The monoisotopic (exact) mass is 153 g/mol. The first-order valence-electron chi connectivity index (χ1n) is 3.70. The van der Waals surface area contributed by atoms with E-state index < -0.39 is 0 Å². The normalized spacial score (nSPS) is 18.8. The van der Waals surface area contributed by atoms with Crippen molar-refractivity contribution in [2.45, 2.75) is 19.8 Å². The molecule has 1 fully saturated rings. The summed E-state index contributed by atoms with van der Waals surface area (Å²) in [7, 11) is 0. The van der Waals surface area contributed by atoms with Crippen molar-refractivity contribution in [3.05, 3.63) is 12.2 Å². The van der Waals surface area contributed by atoms with Gasteiger partial charge in [-0.25, -0.2) is 0 Å². The quantitative estimate of drug-likeness (QED) is 0.433. The van der Waals surface area contributed by atoms with Gasteiger partial charge in [0.25, 0.3) is 0 Å². The first-order valence-corrected chi connectivity index (χ1v) is 3.70. The van der Waals surface area contributed by atoms with Crippen LogP contribution in [0.5, 0.6) is 0 Å². The molecule has 0 aromatic heterocycles. The predicted molar refractivity (Wildman–Crippen MR) is 40.8 cm³/mol. The van der Waals surface area contributed by atoms with E-state index in [1.165, 1.54) is 4.90 Å². The zero-order valence-corrected chi connectivity index (χ0v) is 6.54. The van der Waals surface area contributed by atoms with E-state index >= 15 is 0 Å². The third-order valence-corrected chi connectivity index (χ3v) is 1.68. The van der Waals surface area contributed by atoms with Crippen LogP contribution in [0, 0.1) is 0 Å². The zero-order valence-electron chi connectivity index (χ0n) is 6.54. The summed E-state index contributed by atoms with van der Waals surface area (Å²) in [6.45, 7) is 2.30. The molecule has 1 heterocycles. The Morgan fingerprint density at radius 1 is 1.36 bits per heavy atom. The molecular formula is C8H11NO2. The Bertz CT molecular complexity index is 192. The first-order chi connectivity index (χ1) is 5.25. The van der Waals surface area contributed by atoms with Gasteiger partial charge in [0, 0.05) is 19.4 Å². The number of nitrogens with zero attached hydrogens (tertiary/aromatic N) is 1. The largest absolute Gasteiger partial charge is 0.279 e. The molecule has 0 aromatic rings. The molecule has 0 N–H and O–H groups in total. The fourth-order valence-electron chi connectivity index (χ4n) is 1.04. The van der Waals surface area contributed by atoms with E-state index in [4.69, 9.17) is 0 Å². The second-order valence-electron chi connectivity index (χ2n) is 2.47. The van der Waals surface area contributed by atoms with Crippen LogP contribution in [0.1, 0.15) is 19.8 Å². The average molecular weight is 153 g/mol. The summed E-state index contributed by atoms with van der Waals surface area (Å²) in [6.07, 6.45) is 4.41. The molecule has 0 bridgehead atoms. The molecule has 3 heteroatoms. The van der Waals surface area contributed by atoms with E-state index in [1.54, 1.807) is 6.08 Å². The summed E-state index contributed by atoms with van der Waals surface area (Å²) < 4.78 is 0. The number of imide groups is 1. The van der Waals surface area contributed by atoms with Crippen LogP contribution in [0.25, 0.3) is 0 Å². The molecular weight excluding hydrogens is 142 g/mol. The Morgan fingerprint density at radius 2 is 1.91 bits per heavy atom. The number of hydrogen-bond donors (Lipinski definition) is 0. The highest BCUT2D eigenvalue weighted by molar-refractivity contribution is 6.02. The number of amides is 2. The van der Waals surface area contributed by atoms with Gasteiger partial charge in [-0.2, -0.15) is 0 Å². The predicted octanol–water partition coefficient (Wildman–Crippen LogP) is 0.712. The number of carbonyl (C=O) groups excluding carboxylic acids is 2. The highest BCUT2D eigenvalue weighted by Gasteiger charge is 2.27. The average Bonchev–Trinajstić information content (AvgIpc) is 2.29. The molecule has 1 aliphatic rings. The minimum atomic E-state index is -0.0481. The van der Waals surface area contributed by atoms with Crippen LogP contribution in [-0.4, -0.2) is 23.3 Å². The van der Waals surface area contributed by atoms with E-state index in [9.17, 15) is 9.59 Å². The lowest BCUT2D eigenvalue weighted by molar-refractivity contribution is -0.137. The number of carbonyl (C=O) groups is 2. The molecule has 0 unspecified atom stereocenters. The number of likely N-dealkylation sites (tertiary alicyclic amines) is 1. The second kappa shape index (κ2) is 3.32. The summed E-state index contributed by atoms with van der Waals surface area (Å²) in [5.41, 5.74) is 0. The summed E-state index contributed by atoms with van der Waals surface area (Å²) in [5, 5.41) is 0. The van der Waals surface area contributed by atoms with Crippen LogP contribution in [0.15, 0.2) is 12.2 Å². The fraction of sp³-hybridized carbons (Fsp3) is 0.500. The van der Waals surface area contributed by atoms with Crippen LogP contribution in [0.2, 0.25) is 0 Å². The third-order valence-electron chi connectivity index (χ3n) is 1.68. The van der Waals surface area contributed by atoms with Gasteiger partial charge in [-0.05, 0) is 6.92 Å². The van der Waals surface area contributed by atoms with Crippen molar-refractivity contribution in [2.24, 2.45) is 0 Å². The van der Waals surface area contributed by atoms with Crippen molar-refractivity contribution < 1.29 is 9.59 Å². The van der Waals surface area contributed by atoms with Crippen molar-refractivity contribution >= 4 is 11.8 Å². The second-order valence-corrected chi connectivity index (χ2v) is 2.47. The van der Waals surface area contributed by atoms with Crippen LogP contribution < -0.4 is 0 Å². The van der Waals surface area contributed by atoms with E-state index in [0.717, 1.165) is 0 Å². The van der Waals surface area contributed by atoms with Gasteiger partial charge in [-0.3, -0.25) is 14.5 Å². The molecule has 0 aliphatic carbocycles. The molecule has 3 nitrogen and oxygen atoms in total. The standard InChI is InChI=1S/C8H11NO2/c1-2-3-6-9-7(10)4-5-8(9)11/h2-3H,4-6H2,1H3/b3-2-. The third kappa shape index (κ3) is 1.67. The van der Waals surface area contributed by atoms with Gasteiger partial charge in [-0.15, -0.1) is 0 Å². The Hall–Kier alpha value is -1.12. The highest BCUT2D eigenvalue weighted by Crippen LogP contribution is 2.10. The molecule has 1 saturated heterocycles. The molecule has 11 heavy (non-hydrogen) atoms. The molecule has 0 saturated carbocycles. The van der Waals surface area contributed by atoms with Crippen LogP contribution in [0.4, 0.5) is 0 Å².